The smallest absolute Gasteiger partial charge is 0.345 e. The fourth-order valence-electron chi connectivity index (χ4n) is 2.75. The number of carbonyl (C=O) groups is 1. The Hall–Kier alpha value is -1.72. The van der Waals surface area contributed by atoms with Gasteiger partial charge < -0.3 is 5.11 Å². The number of pyridine rings is 1. The van der Waals surface area contributed by atoms with Gasteiger partial charge >= 0.3 is 5.97 Å². The summed E-state index contributed by atoms with van der Waals surface area (Å²) in [7, 11) is 0. The van der Waals surface area contributed by atoms with Gasteiger partial charge in [-0.05, 0) is 50.1 Å². The fourth-order valence-corrected chi connectivity index (χ4v) is 3.81. The van der Waals surface area contributed by atoms with Crippen LogP contribution in [0.2, 0.25) is 0 Å². The molecular weight excluding hydrogens is 284 g/mol. The maximum atomic E-state index is 11.1. The molecule has 2 aromatic heterocycles. The van der Waals surface area contributed by atoms with Crippen LogP contribution in [0.4, 0.5) is 0 Å². The summed E-state index contributed by atoms with van der Waals surface area (Å²) in [5, 5.41) is 9.12. The highest BCUT2D eigenvalue weighted by Crippen LogP contribution is 2.28. The van der Waals surface area contributed by atoms with E-state index in [4.69, 9.17) is 5.11 Å². The standard InChI is InChI=1S/C16H18N2O2S/c1-11-4-2-5-13(17-11)10-18-7-3-6-14-12(9-18)8-15(21-14)16(19)20/h2,4-5,8H,3,6-7,9-10H2,1H3,(H,19,20). The van der Waals surface area contributed by atoms with Gasteiger partial charge in [-0.3, -0.25) is 9.88 Å². The first-order chi connectivity index (χ1) is 10.1. The Bertz CT molecular complexity index is 666. The van der Waals surface area contributed by atoms with Crippen LogP contribution in [-0.2, 0) is 19.5 Å². The maximum Gasteiger partial charge on any atom is 0.345 e. The number of fused-ring (bicyclic) bond motifs is 1. The SMILES string of the molecule is Cc1cccc(CN2CCCc3sc(C(=O)O)cc3C2)n1. The van der Waals surface area contributed by atoms with Crippen LogP contribution in [-0.4, -0.2) is 27.5 Å². The van der Waals surface area contributed by atoms with Gasteiger partial charge in [-0.1, -0.05) is 6.07 Å². The summed E-state index contributed by atoms with van der Waals surface area (Å²) >= 11 is 1.43. The van der Waals surface area contributed by atoms with E-state index in [1.54, 1.807) is 0 Å². The van der Waals surface area contributed by atoms with E-state index in [0.29, 0.717) is 4.88 Å². The minimum Gasteiger partial charge on any atom is -0.477 e. The van der Waals surface area contributed by atoms with E-state index in [2.05, 4.69) is 16.0 Å². The molecule has 0 radical (unpaired) electrons. The van der Waals surface area contributed by atoms with Crippen molar-refractivity contribution in [2.24, 2.45) is 0 Å². The van der Waals surface area contributed by atoms with Gasteiger partial charge in [-0.2, -0.15) is 0 Å². The molecule has 0 atom stereocenters. The lowest BCUT2D eigenvalue weighted by molar-refractivity contribution is 0.0702. The molecule has 0 aliphatic carbocycles. The van der Waals surface area contributed by atoms with E-state index >= 15 is 0 Å². The predicted molar refractivity (Wildman–Crippen MR) is 82.7 cm³/mol. The average molecular weight is 302 g/mol. The molecule has 0 saturated heterocycles. The van der Waals surface area contributed by atoms with Gasteiger partial charge in [0.2, 0.25) is 0 Å². The van der Waals surface area contributed by atoms with Crippen molar-refractivity contribution in [1.82, 2.24) is 9.88 Å². The number of aryl methyl sites for hydroxylation is 2. The zero-order chi connectivity index (χ0) is 14.8. The molecular formula is C16H18N2O2S. The minimum absolute atomic E-state index is 0.454. The van der Waals surface area contributed by atoms with Crippen molar-refractivity contribution >= 4 is 17.3 Å². The summed E-state index contributed by atoms with van der Waals surface area (Å²) in [5.74, 6) is -0.819. The number of hydrogen-bond donors (Lipinski definition) is 1. The Kier molecular flexibility index (Phi) is 4.03. The van der Waals surface area contributed by atoms with Crippen LogP contribution in [0.5, 0.6) is 0 Å². The zero-order valence-electron chi connectivity index (χ0n) is 12.0. The number of hydrogen-bond acceptors (Lipinski definition) is 4. The quantitative estimate of drug-likeness (QED) is 0.946. The van der Waals surface area contributed by atoms with E-state index in [0.717, 1.165) is 43.9 Å². The number of thiophene rings is 1. The number of nitrogens with zero attached hydrogens (tertiary/aromatic N) is 2. The Morgan fingerprint density at radius 3 is 3.10 bits per heavy atom. The third-order valence-electron chi connectivity index (χ3n) is 3.71. The summed E-state index contributed by atoms with van der Waals surface area (Å²) < 4.78 is 0. The number of carboxylic acids is 1. The highest BCUT2D eigenvalue weighted by Gasteiger charge is 2.19. The molecule has 0 bridgehead atoms. The van der Waals surface area contributed by atoms with Gasteiger partial charge in [0.05, 0.1) is 5.69 Å². The van der Waals surface area contributed by atoms with Gasteiger partial charge in [0.1, 0.15) is 4.88 Å². The molecule has 110 valence electrons. The monoisotopic (exact) mass is 302 g/mol. The first kappa shape index (κ1) is 14.2. The lowest BCUT2D eigenvalue weighted by Crippen LogP contribution is -2.23. The van der Waals surface area contributed by atoms with Crippen LogP contribution in [0.15, 0.2) is 24.3 Å². The van der Waals surface area contributed by atoms with Crippen LogP contribution in [0.1, 0.15) is 37.9 Å². The summed E-state index contributed by atoms with van der Waals surface area (Å²) in [6.07, 6.45) is 2.05. The van der Waals surface area contributed by atoms with E-state index in [1.165, 1.54) is 21.8 Å². The van der Waals surface area contributed by atoms with E-state index < -0.39 is 5.97 Å². The normalized spacial score (nSPS) is 15.5. The summed E-state index contributed by atoms with van der Waals surface area (Å²) in [5.41, 5.74) is 3.28. The van der Waals surface area contributed by atoms with Gasteiger partial charge in [-0.25, -0.2) is 4.79 Å². The molecule has 5 heteroatoms. The van der Waals surface area contributed by atoms with Crippen molar-refractivity contribution in [1.29, 1.82) is 0 Å². The second kappa shape index (κ2) is 5.95. The largest absolute Gasteiger partial charge is 0.477 e. The molecule has 2 aromatic rings. The molecule has 0 saturated carbocycles. The fraction of sp³-hybridized carbons (Fsp3) is 0.375. The molecule has 3 heterocycles. The highest BCUT2D eigenvalue weighted by atomic mass is 32.1. The number of rotatable bonds is 3. The molecule has 0 unspecified atom stereocenters. The minimum atomic E-state index is -0.819. The third-order valence-corrected chi connectivity index (χ3v) is 4.94. The Morgan fingerprint density at radius 2 is 2.33 bits per heavy atom. The third kappa shape index (κ3) is 3.31. The van der Waals surface area contributed by atoms with Gasteiger partial charge in [0.25, 0.3) is 0 Å². The second-order valence-corrected chi connectivity index (χ2v) is 6.59. The van der Waals surface area contributed by atoms with Gasteiger partial charge in [-0.15, -0.1) is 11.3 Å². The summed E-state index contributed by atoms with van der Waals surface area (Å²) in [6.45, 7) is 4.66. The molecule has 1 aliphatic rings. The first-order valence-corrected chi connectivity index (χ1v) is 7.93. The van der Waals surface area contributed by atoms with Crippen LogP contribution < -0.4 is 0 Å². The second-order valence-electron chi connectivity index (χ2n) is 5.45. The predicted octanol–water partition coefficient (Wildman–Crippen LogP) is 3.10. The first-order valence-electron chi connectivity index (χ1n) is 7.11. The Labute approximate surface area is 128 Å². The van der Waals surface area contributed by atoms with Crippen LogP contribution in [0, 0.1) is 6.92 Å². The van der Waals surface area contributed by atoms with Crippen LogP contribution in [0.3, 0.4) is 0 Å². The lowest BCUT2D eigenvalue weighted by Gasteiger charge is -2.19. The van der Waals surface area contributed by atoms with E-state index in [-0.39, 0.29) is 0 Å². The molecule has 0 aromatic carbocycles. The number of carboxylic acid groups (broad SMARTS) is 1. The molecule has 1 aliphatic heterocycles. The highest BCUT2D eigenvalue weighted by molar-refractivity contribution is 7.14. The lowest BCUT2D eigenvalue weighted by atomic mass is 10.2. The molecule has 0 spiro atoms. The van der Waals surface area contributed by atoms with Crippen molar-refractivity contribution in [2.45, 2.75) is 32.9 Å². The average Bonchev–Trinajstić information content (AvgIpc) is 2.73. The van der Waals surface area contributed by atoms with Crippen molar-refractivity contribution in [3.05, 3.63) is 51.0 Å². The summed E-state index contributed by atoms with van der Waals surface area (Å²) in [6, 6.07) is 7.93. The Morgan fingerprint density at radius 1 is 1.48 bits per heavy atom. The molecule has 4 nitrogen and oxygen atoms in total. The van der Waals surface area contributed by atoms with E-state index in [9.17, 15) is 4.79 Å². The van der Waals surface area contributed by atoms with Gasteiger partial charge in [0, 0.05) is 23.7 Å². The van der Waals surface area contributed by atoms with Gasteiger partial charge in [0.15, 0.2) is 0 Å². The van der Waals surface area contributed by atoms with Crippen molar-refractivity contribution in [2.75, 3.05) is 6.54 Å². The molecule has 21 heavy (non-hydrogen) atoms. The zero-order valence-corrected chi connectivity index (χ0v) is 12.8. The van der Waals surface area contributed by atoms with E-state index in [1.807, 2.05) is 25.1 Å². The molecule has 3 rings (SSSR count). The van der Waals surface area contributed by atoms with Crippen LogP contribution in [0.25, 0.3) is 0 Å². The van der Waals surface area contributed by atoms with Crippen molar-refractivity contribution in [3.8, 4) is 0 Å². The summed E-state index contributed by atoms with van der Waals surface area (Å²) in [4.78, 5) is 19.7. The Balaban J connectivity index is 1.77. The molecule has 0 fully saturated rings. The number of aromatic carboxylic acids is 1. The number of aromatic nitrogens is 1. The van der Waals surface area contributed by atoms with Crippen LogP contribution >= 0.6 is 11.3 Å². The molecule has 1 N–H and O–H groups in total. The van der Waals surface area contributed by atoms with Crippen molar-refractivity contribution < 1.29 is 9.90 Å². The molecule has 0 amide bonds. The maximum absolute atomic E-state index is 11.1. The van der Waals surface area contributed by atoms with Crippen molar-refractivity contribution in [3.63, 3.8) is 0 Å². The topological polar surface area (TPSA) is 53.4 Å².